The molecule has 0 saturated carbocycles. The Morgan fingerprint density at radius 3 is 2.36 bits per heavy atom. The molecule has 2 N–H and O–H groups in total. The molecule has 0 amide bonds. The first-order chi connectivity index (χ1) is 6.16. The summed E-state index contributed by atoms with van der Waals surface area (Å²) in [5.74, 6) is 0. The highest BCUT2D eigenvalue weighted by Gasteiger charge is 2.12. The zero-order valence-corrected chi connectivity index (χ0v) is 9.74. The second-order valence-electron chi connectivity index (χ2n) is 2.65. The fourth-order valence-corrected chi connectivity index (χ4v) is 1.72. The van der Waals surface area contributed by atoms with Crippen LogP contribution in [-0.4, -0.2) is 4.98 Å². The molecule has 1 aromatic heterocycles. The topological polar surface area (TPSA) is 38.9 Å². The van der Waals surface area contributed by atoms with Crippen molar-refractivity contribution in [2.24, 2.45) is 5.73 Å². The summed E-state index contributed by atoms with van der Waals surface area (Å²) in [6.45, 7) is 3.60. The van der Waals surface area contributed by atoms with E-state index in [1.165, 1.54) is 12.4 Å². The van der Waals surface area contributed by atoms with Crippen LogP contribution in [0.15, 0.2) is 25.0 Å². The minimum atomic E-state index is -0.208. The first-order valence-corrected chi connectivity index (χ1v) is 4.57. The predicted octanol–water partition coefficient (Wildman–Crippen LogP) is 3.39. The molecule has 0 aliphatic carbocycles. The van der Waals surface area contributed by atoms with Crippen molar-refractivity contribution in [3.63, 3.8) is 0 Å². The summed E-state index contributed by atoms with van der Waals surface area (Å²) < 4.78 is 0. The van der Waals surface area contributed by atoms with Gasteiger partial charge >= 0.3 is 0 Å². The van der Waals surface area contributed by atoms with E-state index in [0.717, 1.165) is 5.56 Å². The van der Waals surface area contributed by atoms with Crippen LogP contribution >= 0.6 is 35.6 Å². The molecule has 0 fully saturated rings. The van der Waals surface area contributed by atoms with Gasteiger partial charge in [-0.05, 0) is 6.42 Å². The molecule has 0 spiro atoms. The van der Waals surface area contributed by atoms with Gasteiger partial charge in [-0.3, -0.25) is 4.98 Å². The van der Waals surface area contributed by atoms with Crippen molar-refractivity contribution < 1.29 is 0 Å². The fourth-order valence-electron chi connectivity index (χ4n) is 1.07. The average molecular weight is 254 g/mol. The molecule has 0 bridgehead atoms. The van der Waals surface area contributed by atoms with Gasteiger partial charge in [-0.1, -0.05) is 29.3 Å². The number of rotatable bonds is 3. The molecule has 2 nitrogen and oxygen atoms in total. The minimum absolute atomic E-state index is 0. The third-order valence-electron chi connectivity index (χ3n) is 1.68. The van der Waals surface area contributed by atoms with Crippen LogP contribution in [0.1, 0.15) is 18.0 Å². The third kappa shape index (κ3) is 3.14. The van der Waals surface area contributed by atoms with Crippen LogP contribution in [0.4, 0.5) is 0 Å². The summed E-state index contributed by atoms with van der Waals surface area (Å²) >= 11 is 11.8. The number of hydrogen-bond acceptors (Lipinski definition) is 2. The van der Waals surface area contributed by atoms with Crippen LogP contribution in [0.5, 0.6) is 0 Å². The number of halogens is 3. The minimum Gasteiger partial charge on any atom is -0.324 e. The molecule has 1 atom stereocenters. The molecular formula is C9H11Cl3N2. The van der Waals surface area contributed by atoms with E-state index in [-0.39, 0.29) is 18.4 Å². The third-order valence-corrected chi connectivity index (χ3v) is 2.28. The van der Waals surface area contributed by atoms with Gasteiger partial charge in [0.2, 0.25) is 0 Å². The van der Waals surface area contributed by atoms with Gasteiger partial charge in [0.25, 0.3) is 0 Å². The smallest absolute Gasteiger partial charge is 0.0652 e. The molecular weight excluding hydrogens is 242 g/mol. The van der Waals surface area contributed by atoms with Gasteiger partial charge in [-0.2, -0.15) is 0 Å². The quantitative estimate of drug-likeness (QED) is 0.839. The molecule has 78 valence electrons. The van der Waals surface area contributed by atoms with Crippen LogP contribution in [0, 0.1) is 0 Å². The summed E-state index contributed by atoms with van der Waals surface area (Å²) in [6.07, 6.45) is 5.44. The normalized spacial score (nSPS) is 11.6. The molecule has 1 aromatic rings. The molecule has 1 heterocycles. The van der Waals surface area contributed by atoms with Crippen molar-refractivity contribution in [3.05, 3.63) is 40.7 Å². The number of pyridine rings is 1. The Kier molecular flexibility index (Phi) is 6.12. The lowest BCUT2D eigenvalue weighted by atomic mass is 10.1. The van der Waals surface area contributed by atoms with E-state index in [1.54, 1.807) is 6.08 Å². The lowest BCUT2D eigenvalue weighted by Gasteiger charge is -2.12. The molecule has 0 unspecified atom stereocenters. The highest BCUT2D eigenvalue weighted by molar-refractivity contribution is 6.35. The van der Waals surface area contributed by atoms with Crippen molar-refractivity contribution in [1.29, 1.82) is 0 Å². The molecule has 1 rings (SSSR count). The molecule has 5 heteroatoms. The van der Waals surface area contributed by atoms with Crippen LogP contribution in [0.25, 0.3) is 0 Å². The molecule has 0 radical (unpaired) electrons. The highest BCUT2D eigenvalue weighted by atomic mass is 35.5. The molecule has 0 aromatic carbocycles. The number of nitrogens with two attached hydrogens (primary N) is 1. The van der Waals surface area contributed by atoms with Gasteiger partial charge in [0, 0.05) is 24.0 Å². The van der Waals surface area contributed by atoms with Crippen molar-refractivity contribution in [2.75, 3.05) is 0 Å². The molecule has 0 aliphatic heterocycles. The van der Waals surface area contributed by atoms with Crippen LogP contribution in [-0.2, 0) is 0 Å². The Hall–Kier alpha value is -0.280. The van der Waals surface area contributed by atoms with E-state index >= 15 is 0 Å². The monoisotopic (exact) mass is 252 g/mol. The summed E-state index contributed by atoms with van der Waals surface area (Å²) in [5.41, 5.74) is 6.57. The van der Waals surface area contributed by atoms with Crippen LogP contribution in [0.3, 0.4) is 0 Å². The molecule has 14 heavy (non-hydrogen) atoms. The lowest BCUT2D eigenvalue weighted by molar-refractivity contribution is 0.740. The summed E-state index contributed by atoms with van der Waals surface area (Å²) in [6, 6.07) is -0.208. The van der Waals surface area contributed by atoms with E-state index in [0.29, 0.717) is 16.5 Å². The van der Waals surface area contributed by atoms with Crippen molar-refractivity contribution in [1.82, 2.24) is 4.98 Å². The van der Waals surface area contributed by atoms with Gasteiger partial charge < -0.3 is 5.73 Å². The first kappa shape index (κ1) is 13.7. The molecule has 0 aliphatic rings. The van der Waals surface area contributed by atoms with E-state index in [1.807, 2.05) is 0 Å². The maximum absolute atomic E-state index is 5.90. The van der Waals surface area contributed by atoms with E-state index in [9.17, 15) is 0 Å². The summed E-state index contributed by atoms with van der Waals surface area (Å²) in [7, 11) is 0. The first-order valence-electron chi connectivity index (χ1n) is 3.82. The second kappa shape index (κ2) is 6.25. The van der Waals surface area contributed by atoms with Gasteiger partial charge in [-0.15, -0.1) is 19.0 Å². The van der Waals surface area contributed by atoms with Gasteiger partial charge in [0.05, 0.1) is 10.0 Å². The lowest BCUT2D eigenvalue weighted by Crippen LogP contribution is -2.10. The standard InChI is InChI=1S/C9H10Cl2N2.ClH/c1-2-3-8(12)9-6(10)4-13-5-7(9)11;/h2,4-5,8H,1,3,12H2;1H/t8-;/m1./s1. The maximum Gasteiger partial charge on any atom is 0.0652 e. The van der Waals surface area contributed by atoms with E-state index in [4.69, 9.17) is 28.9 Å². The zero-order chi connectivity index (χ0) is 9.84. The largest absolute Gasteiger partial charge is 0.324 e. The molecule has 0 saturated heterocycles. The highest BCUT2D eigenvalue weighted by Crippen LogP contribution is 2.29. The predicted molar refractivity (Wildman–Crippen MR) is 63.2 cm³/mol. The van der Waals surface area contributed by atoms with Gasteiger partial charge in [0.1, 0.15) is 0 Å². The number of aromatic nitrogens is 1. The Bertz CT molecular complexity index is 295. The van der Waals surface area contributed by atoms with Crippen molar-refractivity contribution >= 4 is 35.6 Å². The number of nitrogens with zero attached hydrogens (tertiary/aromatic N) is 1. The second-order valence-corrected chi connectivity index (χ2v) is 3.46. The van der Waals surface area contributed by atoms with Crippen LogP contribution in [0.2, 0.25) is 10.0 Å². The fraction of sp³-hybridized carbons (Fsp3) is 0.222. The van der Waals surface area contributed by atoms with Gasteiger partial charge in [0.15, 0.2) is 0 Å². The Labute approximate surface area is 99.5 Å². The maximum atomic E-state index is 5.90. The van der Waals surface area contributed by atoms with E-state index in [2.05, 4.69) is 11.6 Å². The van der Waals surface area contributed by atoms with Gasteiger partial charge in [-0.25, -0.2) is 0 Å². The zero-order valence-electron chi connectivity index (χ0n) is 7.41. The Balaban J connectivity index is 0.00000169. The van der Waals surface area contributed by atoms with E-state index < -0.39 is 0 Å². The SMILES string of the molecule is C=CC[C@@H](N)c1c(Cl)cncc1Cl.Cl. The van der Waals surface area contributed by atoms with Crippen molar-refractivity contribution in [2.45, 2.75) is 12.5 Å². The Morgan fingerprint density at radius 2 is 1.93 bits per heavy atom. The summed E-state index contributed by atoms with van der Waals surface area (Å²) in [5, 5.41) is 1.00. The van der Waals surface area contributed by atoms with Crippen molar-refractivity contribution in [3.8, 4) is 0 Å². The average Bonchev–Trinajstić information content (AvgIpc) is 2.04. The summed E-state index contributed by atoms with van der Waals surface area (Å²) in [4.78, 5) is 3.84. The number of hydrogen-bond donors (Lipinski definition) is 1. The van der Waals surface area contributed by atoms with Crippen LogP contribution < -0.4 is 5.73 Å². The Morgan fingerprint density at radius 1 is 1.43 bits per heavy atom.